The summed E-state index contributed by atoms with van der Waals surface area (Å²) >= 11 is 2.07. The molecule has 0 saturated carbocycles. The van der Waals surface area contributed by atoms with E-state index < -0.39 is 0 Å². The highest BCUT2D eigenvalue weighted by Gasteiger charge is 2.17. The molecule has 0 bridgehead atoms. The van der Waals surface area contributed by atoms with Gasteiger partial charge < -0.3 is 34.3 Å². The molecule has 8 nitrogen and oxygen atoms in total. The second-order valence-corrected chi connectivity index (χ2v) is 24.9. The van der Waals surface area contributed by atoms with Crippen LogP contribution in [0.25, 0.3) is 0 Å². The topological polar surface area (TPSA) is 25.9 Å². The Morgan fingerprint density at radius 3 is 0.397 bits per heavy atom. The first-order chi connectivity index (χ1) is 32.4. The van der Waals surface area contributed by atoms with E-state index in [0.717, 1.165) is 48.3 Å². The zero-order chi connectivity index (χ0) is 50.7. The molecule has 8 heterocycles. The van der Waals surface area contributed by atoms with Gasteiger partial charge >= 0.3 is 0 Å². The molecule has 8 aliphatic heterocycles. The molecule has 0 unspecified atom stereocenters. The van der Waals surface area contributed by atoms with Gasteiger partial charge in [-0.05, 0) is 292 Å². The third kappa shape index (κ3) is 33.0. The van der Waals surface area contributed by atoms with Gasteiger partial charge in [-0.25, -0.2) is 0 Å². The van der Waals surface area contributed by atoms with Crippen molar-refractivity contribution in [1.82, 2.24) is 39.2 Å². The molecule has 0 aromatic heterocycles. The molecule has 0 N–H and O–H groups in total. The summed E-state index contributed by atoms with van der Waals surface area (Å²) in [6.45, 7) is 57.6. The number of hydrogen-bond donors (Lipinski definition) is 0. The first kappa shape index (κ1) is 66.0. The van der Waals surface area contributed by atoms with E-state index in [0.29, 0.717) is 0 Å². The van der Waals surface area contributed by atoms with Crippen molar-refractivity contribution in [2.75, 3.05) is 116 Å². The van der Waals surface area contributed by atoms with E-state index in [1.165, 1.54) is 225 Å². The fourth-order valence-corrected chi connectivity index (χ4v) is 11.4. The fourth-order valence-electron chi connectivity index (χ4n) is 10.4. The standard InChI is InChI=1S/3C8H17N.C7H15NS.4C7H15N/c3*1-8(2)9-6-4-3-5-7-9;1-7(2)8-3-5-9-6-4-8;4*1-7(2)8-5-3-4-6-8/h3*8H,3-7H2,1-2H3;7H,3-6H2,1-2H3;4*7H,3-6H2,1-2H3. The molecule has 0 radical (unpaired) electrons. The molecular formula is C59H126N8S. The van der Waals surface area contributed by atoms with Crippen LogP contribution < -0.4 is 0 Å². The van der Waals surface area contributed by atoms with Gasteiger partial charge in [0.2, 0.25) is 0 Å². The molecule has 0 aromatic rings. The monoisotopic (exact) mass is 979 g/mol. The molecule has 0 amide bonds. The minimum Gasteiger partial charge on any atom is -0.301 e. The van der Waals surface area contributed by atoms with Crippen LogP contribution in [0.2, 0.25) is 0 Å². The fraction of sp³-hybridized carbons (Fsp3) is 1.00. The largest absolute Gasteiger partial charge is 0.301 e. The predicted octanol–water partition coefficient (Wildman–Crippen LogP) is 13.0. The minimum absolute atomic E-state index is 0.755. The lowest BCUT2D eigenvalue weighted by molar-refractivity contribution is 0.185. The van der Waals surface area contributed by atoms with E-state index in [4.69, 9.17) is 0 Å². The van der Waals surface area contributed by atoms with Gasteiger partial charge in [-0.2, -0.15) is 11.8 Å². The van der Waals surface area contributed by atoms with Crippen molar-refractivity contribution >= 4 is 11.8 Å². The Hall–Kier alpha value is 0.0300. The Balaban J connectivity index is 0.000000389. The third-order valence-corrected chi connectivity index (χ3v) is 16.6. The zero-order valence-corrected chi connectivity index (χ0v) is 50.2. The molecule has 68 heavy (non-hydrogen) atoms. The highest BCUT2D eigenvalue weighted by molar-refractivity contribution is 7.99. The van der Waals surface area contributed by atoms with Gasteiger partial charge in [0.1, 0.15) is 0 Å². The smallest absolute Gasteiger partial charge is 0.00754 e. The lowest BCUT2D eigenvalue weighted by atomic mass is 10.1. The van der Waals surface area contributed by atoms with Crippen LogP contribution in [0, 0.1) is 0 Å². The lowest BCUT2D eigenvalue weighted by Crippen LogP contribution is -2.37. The van der Waals surface area contributed by atoms with E-state index in [1.54, 1.807) is 0 Å². The Kier molecular flexibility index (Phi) is 40.2. The van der Waals surface area contributed by atoms with Crippen molar-refractivity contribution in [3.8, 4) is 0 Å². The van der Waals surface area contributed by atoms with Crippen LogP contribution in [0.4, 0.5) is 0 Å². The van der Waals surface area contributed by atoms with Gasteiger partial charge in [0, 0.05) is 72.9 Å². The Morgan fingerprint density at radius 2 is 0.294 bits per heavy atom. The molecule has 8 fully saturated rings. The van der Waals surface area contributed by atoms with Crippen LogP contribution in [-0.4, -0.2) is 204 Å². The molecule has 8 aliphatic rings. The molecule has 0 spiro atoms. The highest BCUT2D eigenvalue weighted by Crippen LogP contribution is 2.15. The number of nitrogens with zero attached hydrogens (tertiary/aromatic N) is 8. The van der Waals surface area contributed by atoms with Gasteiger partial charge in [0.05, 0.1) is 0 Å². The first-order valence-corrected chi connectivity index (χ1v) is 31.1. The SMILES string of the molecule is CC(C)N1CCCC1.CC(C)N1CCCC1.CC(C)N1CCCC1.CC(C)N1CCCC1.CC(C)N1CCCCC1.CC(C)N1CCCCC1.CC(C)N1CCCCC1.CC(C)N1CCSCC1. The number of hydrogen-bond acceptors (Lipinski definition) is 9. The van der Waals surface area contributed by atoms with Crippen molar-refractivity contribution in [1.29, 1.82) is 0 Å². The van der Waals surface area contributed by atoms with Crippen molar-refractivity contribution in [2.24, 2.45) is 0 Å². The van der Waals surface area contributed by atoms with Crippen LogP contribution in [0.15, 0.2) is 0 Å². The normalized spacial score (nSPS) is 22.9. The molecule has 0 aliphatic carbocycles. The summed E-state index contributed by atoms with van der Waals surface area (Å²) in [5.41, 5.74) is 0. The van der Waals surface area contributed by atoms with Gasteiger partial charge in [-0.1, -0.05) is 19.3 Å². The van der Waals surface area contributed by atoms with Crippen molar-refractivity contribution in [3.05, 3.63) is 0 Å². The average Bonchev–Trinajstić information content (AvgIpc) is 4.21. The Bertz CT molecular complexity index is 885. The van der Waals surface area contributed by atoms with Gasteiger partial charge in [-0.3, -0.25) is 4.90 Å². The van der Waals surface area contributed by atoms with Crippen LogP contribution in [-0.2, 0) is 0 Å². The summed E-state index contributed by atoms with van der Waals surface area (Å²) in [6.07, 6.45) is 24.2. The second kappa shape index (κ2) is 41.4. The highest BCUT2D eigenvalue weighted by atomic mass is 32.2. The lowest BCUT2D eigenvalue weighted by Gasteiger charge is -2.29. The zero-order valence-electron chi connectivity index (χ0n) is 49.4. The van der Waals surface area contributed by atoms with Gasteiger partial charge in [0.25, 0.3) is 0 Å². The molecule has 9 heteroatoms. The van der Waals surface area contributed by atoms with Crippen LogP contribution >= 0.6 is 11.8 Å². The van der Waals surface area contributed by atoms with E-state index in [-0.39, 0.29) is 0 Å². The maximum atomic E-state index is 2.56. The van der Waals surface area contributed by atoms with E-state index >= 15 is 0 Å². The maximum Gasteiger partial charge on any atom is 0.00754 e. The minimum atomic E-state index is 0.755. The van der Waals surface area contributed by atoms with E-state index in [9.17, 15) is 0 Å². The molecule has 408 valence electrons. The van der Waals surface area contributed by atoms with Crippen molar-refractivity contribution < 1.29 is 0 Å². The summed E-state index contributed by atoms with van der Waals surface area (Å²) < 4.78 is 0. The maximum absolute atomic E-state index is 2.56. The summed E-state index contributed by atoms with van der Waals surface area (Å²) in [5.74, 6) is 2.66. The Morgan fingerprint density at radius 1 is 0.176 bits per heavy atom. The van der Waals surface area contributed by atoms with Crippen LogP contribution in [0.5, 0.6) is 0 Å². The summed E-state index contributed by atoms with van der Waals surface area (Å²) in [4.78, 5) is 20.3. The van der Waals surface area contributed by atoms with Crippen molar-refractivity contribution in [2.45, 2.75) is 268 Å². The van der Waals surface area contributed by atoms with Gasteiger partial charge in [-0.15, -0.1) is 0 Å². The second-order valence-electron chi connectivity index (χ2n) is 23.7. The number of thioether (sulfide) groups is 1. The summed E-state index contributed by atoms with van der Waals surface area (Å²) in [5, 5.41) is 0. The van der Waals surface area contributed by atoms with E-state index in [2.05, 4.69) is 162 Å². The van der Waals surface area contributed by atoms with Crippen molar-refractivity contribution in [3.63, 3.8) is 0 Å². The number of likely N-dealkylation sites (tertiary alicyclic amines) is 7. The Labute approximate surface area is 433 Å². The van der Waals surface area contributed by atoms with Crippen LogP contribution in [0.1, 0.15) is 220 Å². The molecule has 8 saturated heterocycles. The number of piperidine rings is 3. The number of rotatable bonds is 8. The molecule has 0 atom stereocenters. The molecular weight excluding hydrogens is 853 g/mol. The molecule has 8 rings (SSSR count). The van der Waals surface area contributed by atoms with Gasteiger partial charge in [0.15, 0.2) is 0 Å². The summed E-state index contributed by atoms with van der Waals surface area (Å²) in [6, 6.07) is 6.16. The van der Waals surface area contributed by atoms with E-state index in [1.807, 2.05) is 0 Å². The third-order valence-electron chi connectivity index (χ3n) is 15.6. The predicted molar refractivity (Wildman–Crippen MR) is 309 cm³/mol. The quantitative estimate of drug-likeness (QED) is 0.236. The summed E-state index contributed by atoms with van der Waals surface area (Å²) in [7, 11) is 0. The first-order valence-electron chi connectivity index (χ1n) is 29.9. The average molecular weight is 980 g/mol. The van der Waals surface area contributed by atoms with Crippen LogP contribution in [0.3, 0.4) is 0 Å². The molecule has 0 aromatic carbocycles.